The van der Waals surface area contributed by atoms with Gasteiger partial charge < -0.3 is 5.11 Å². The van der Waals surface area contributed by atoms with Crippen molar-refractivity contribution >= 4 is 22.6 Å². The van der Waals surface area contributed by atoms with Gasteiger partial charge in [-0.3, -0.25) is 0 Å². The molecule has 88 valence electrons. The lowest BCUT2D eigenvalue weighted by Gasteiger charge is -2.11. The average molecular weight is 342 g/mol. The summed E-state index contributed by atoms with van der Waals surface area (Å²) in [5.41, 5.74) is 1.66. The predicted octanol–water partition coefficient (Wildman–Crippen LogP) is 3.71. The maximum absolute atomic E-state index is 13.0. The Morgan fingerprint density at radius 2 is 1.88 bits per heavy atom. The van der Waals surface area contributed by atoms with E-state index in [1.807, 2.05) is 30.3 Å². The molecule has 1 N–H and O–H groups in total. The number of hydrogen-bond donors (Lipinski definition) is 1. The van der Waals surface area contributed by atoms with Crippen molar-refractivity contribution in [2.24, 2.45) is 0 Å². The van der Waals surface area contributed by atoms with Gasteiger partial charge in [-0.25, -0.2) is 4.39 Å². The van der Waals surface area contributed by atoms with Gasteiger partial charge >= 0.3 is 0 Å². The normalized spacial score (nSPS) is 12.4. The van der Waals surface area contributed by atoms with Gasteiger partial charge in [0.25, 0.3) is 0 Å². The van der Waals surface area contributed by atoms with E-state index in [4.69, 9.17) is 0 Å². The van der Waals surface area contributed by atoms with Crippen LogP contribution >= 0.6 is 22.6 Å². The highest BCUT2D eigenvalue weighted by Crippen LogP contribution is 2.20. The molecule has 0 bridgehead atoms. The molecule has 0 saturated heterocycles. The van der Waals surface area contributed by atoms with E-state index in [0.717, 1.165) is 14.7 Å². The van der Waals surface area contributed by atoms with Crippen molar-refractivity contribution in [3.05, 3.63) is 69.0 Å². The molecule has 0 fully saturated rings. The molecular formula is C14H12FIO. The molecule has 1 atom stereocenters. The lowest BCUT2D eigenvalue weighted by atomic mass is 10.0. The van der Waals surface area contributed by atoms with Crippen molar-refractivity contribution in [1.82, 2.24) is 0 Å². The monoisotopic (exact) mass is 342 g/mol. The SMILES string of the molecule is OC(Cc1cccc(F)c1)c1cccc(I)c1. The van der Waals surface area contributed by atoms with Crippen molar-refractivity contribution < 1.29 is 9.50 Å². The summed E-state index contributed by atoms with van der Waals surface area (Å²) in [5.74, 6) is -0.266. The second-order valence-electron chi connectivity index (χ2n) is 3.90. The summed E-state index contributed by atoms with van der Waals surface area (Å²) in [7, 11) is 0. The van der Waals surface area contributed by atoms with Gasteiger partial charge in [0, 0.05) is 9.99 Å². The Hall–Kier alpha value is -0.940. The summed E-state index contributed by atoms with van der Waals surface area (Å²) in [6.07, 6.45) is -0.163. The molecule has 0 aliphatic rings. The Balaban J connectivity index is 2.14. The highest BCUT2D eigenvalue weighted by molar-refractivity contribution is 14.1. The number of benzene rings is 2. The maximum atomic E-state index is 13.0. The molecule has 1 unspecified atom stereocenters. The first-order chi connectivity index (χ1) is 8.15. The van der Waals surface area contributed by atoms with Gasteiger partial charge in [-0.2, -0.15) is 0 Å². The molecule has 0 radical (unpaired) electrons. The third kappa shape index (κ3) is 3.51. The van der Waals surface area contributed by atoms with E-state index >= 15 is 0 Å². The van der Waals surface area contributed by atoms with Crippen LogP contribution in [0.3, 0.4) is 0 Å². The molecule has 0 aliphatic heterocycles. The topological polar surface area (TPSA) is 20.2 Å². The van der Waals surface area contributed by atoms with Crippen LogP contribution in [0, 0.1) is 9.39 Å². The van der Waals surface area contributed by atoms with Gasteiger partial charge in [0.2, 0.25) is 0 Å². The van der Waals surface area contributed by atoms with Crippen LogP contribution in [0.4, 0.5) is 4.39 Å². The maximum Gasteiger partial charge on any atom is 0.123 e. The van der Waals surface area contributed by atoms with E-state index in [1.54, 1.807) is 6.07 Å². The van der Waals surface area contributed by atoms with Crippen LogP contribution in [0.5, 0.6) is 0 Å². The summed E-state index contributed by atoms with van der Waals surface area (Å²) in [4.78, 5) is 0. The second kappa shape index (κ2) is 5.60. The van der Waals surface area contributed by atoms with Crippen molar-refractivity contribution in [3.63, 3.8) is 0 Å². The van der Waals surface area contributed by atoms with Crippen LogP contribution in [-0.2, 0) is 6.42 Å². The Bertz CT molecular complexity index is 513. The van der Waals surface area contributed by atoms with Gasteiger partial charge in [0.1, 0.15) is 5.82 Å². The zero-order chi connectivity index (χ0) is 12.3. The summed E-state index contributed by atoms with van der Waals surface area (Å²) in [6, 6.07) is 14.0. The number of halogens is 2. The highest BCUT2D eigenvalue weighted by atomic mass is 127. The second-order valence-corrected chi connectivity index (χ2v) is 5.15. The minimum Gasteiger partial charge on any atom is -0.388 e. The van der Waals surface area contributed by atoms with E-state index in [9.17, 15) is 9.50 Å². The molecule has 0 spiro atoms. The Morgan fingerprint density at radius 1 is 1.12 bits per heavy atom. The summed E-state index contributed by atoms with van der Waals surface area (Å²) >= 11 is 2.20. The fourth-order valence-electron chi connectivity index (χ4n) is 1.72. The standard InChI is InChI=1S/C14H12FIO/c15-12-5-1-3-10(7-12)8-14(17)11-4-2-6-13(16)9-11/h1-7,9,14,17H,8H2. The van der Waals surface area contributed by atoms with Gasteiger partial charge in [0.05, 0.1) is 6.10 Å². The first kappa shape index (κ1) is 12.5. The van der Waals surface area contributed by atoms with Gasteiger partial charge in [0.15, 0.2) is 0 Å². The molecule has 0 aromatic heterocycles. The quantitative estimate of drug-likeness (QED) is 0.844. The largest absolute Gasteiger partial charge is 0.388 e. The fourth-order valence-corrected chi connectivity index (χ4v) is 2.29. The van der Waals surface area contributed by atoms with Crippen LogP contribution in [0.25, 0.3) is 0 Å². The Kier molecular flexibility index (Phi) is 4.12. The van der Waals surface area contributed by atoms with Crippen LogP contribution in [0.1, 0.15) is 17.2 Å². The van der Waals surface area contributed by atoms with Crippen LogP contribution in [0.2, 0.25) is 0 Å². The van der Waals surface area contributed by atoms with Crippen molar-refractivity contribution in [1.29, 1.82) is 0 Å². The molecule has 2 aromatic carbocycles. The molecule has 3 heteroatoms. The van der Waals surface area contributed by atoms with E-state index in [2.05, 4.69) is 22.6 Å². The summed E-state index contributed by atoms with van der Waals surface area (Å²) < 4.78 is 14.1. The molecule has 0 saturated carbocycles. The van der Waals surface area contributed by atoms with E-state index in [1.165, 1.54) is 12.1 Å². The average Bonchev–Trinajstić information content (AvgIpc) is 2.29. The first-order valence-corrected chi connectivity index (χ1v) is 6.41. The summed E-state index contributed by atoms with van der Waals surface area (Å²) in [6.45, 7) is 0. The number of aliphatic hydroxyl groups is 1. The Morgan fingerprint density at radius 3 is 2.59 bits per heavy atom. The van der Waals surface area contributed by atoms with E-state index in [-0.39, 0.29) is 5.82 Å². The molecule has 0 amide bonds. The lowest BCUT2D eigenvalue weighted by Crippen LogP contribution is -2.02. The van der Waals surface area contributed by atoms with Crippen molar-refractivity contribution in [2.75, 3.05) is 0 Å². The Labute approximate surface area is 113 Å². The zero-order valence-electron chi connectivity index (χ0n) is 9.11. The van der Waals surface area contributed by atoms with Gasteiger partial charge in [-0.15, -0.1) is 0 Å². The lowest BCUT2D eigenvalue weighted by molar-refractivity contribution is 0.178. The van der Waals surface area contributed by atoms with Crippen LogP contribution in [-0.4, -0.2) is 5.11 Å². The molecule has 2 rings (SSSR count). The predicted molar refractivity (Wildman–Crippen MR) is 74.2 cm³/mol. The fraction of sp³-hybridized carbons (Fsp3) is 0.143. The number of rotatable bonds is 3. The minimum atomic E-state index is -0.591. The molecule has 0 aliphatic carbocycles. The molecular weight excluding hydrogens is 330 g/mol. The molecule has 17 heavy (non-hydrogen) atoms. The minimum absolute atomic E-state index is 0.266. The third-order valence-electron chi connectivity index (χ3n) is 2.55. The van der Waals surface area contributed by atoms with Gasteiger partial charge in [-0.1, -0.05) is 24.3 Å². The number of aliphatic hydroxyl groups excluding tert-OH is 1. The third-order valence-corrected chi connectivity index (χ3v) is 3.22. The first-order valence-electron chi connectivity index (χ1n) is 5.33. The highest BCUT2D eigenvalue weighted by Gasteiger charge is 2.09. The van der Waals surface area contributed by atoms with Crippen molar-refractivity contribution in [2.45, 2.75) is 12.5 Å². The smallest absolute Gasteiger partial charge is 0.123 e. The molecule has 0 heterocycles. The van der Waals surface area contributed by atoms with Crippen molar-refractivity contribution in [3.8, 4) is 0 Å². The van der Waals surface area contributed by atoms with Crippen LogP contribution in [0.15, 0.2) is 48.5 Å². The number of hydrogen-bond acceptors (Lipinski definition) is 1. The summed E-state index contributed by atoms with van der Waals surface area (Å²) in [5, 5.41) is 10.1. The molecule has 1 nitrogen and oxygen atoms in total. The van der Waals surface area contributed by atoms with E-state index < -0.39 is 6.10 Å². The zero-order valence-corrected chi connectivity index (χ0v) is 11.3. The molecule has 2 aromatic rings. The van der Waals surface area contributed by atoms with Crippen LogP contribution < -0.4 is 0 Å². The van der Waals surface area contributed by atoms with E-state index in [0.29, 0.717) is 6.42 Å². The van der Waals surface area contributed by atoms with Gasteiger partial charge in [-0.05, 0) is 58.0 Å².